The number of anilines is 1. The Bertz CT molecular complexity index is 1330. The van der Waals surface area contributed by atoms with Gasteiger partial charge in [0.05, 0.1) is 16.3 Å². The molecule has 3 heterocycles. The van der Waals surface area contributed by atoms with Crippen LogP contribution < -0.4 is 15.9 Å². The molecule has 1 aromatic carbocycles. The van der Waals surface area contributed by atoms with Gasteiger partial charge in [-0.3, -0.25) is 14.5 Å². The number of nitrogens with two attached hydrogens (primary N) is 1. The Balaban J connectivity index is 1.39. The second-order valence-electron chi connectivity index (χ2n) is 7.39. The maximum atomic E-state index is 12.6. The third-order valence-corrected chi connectivity index (χ3v) is 7.05. The van der Waals surface area contributed by atoms with E-state index in [0.717, 1.165) is 29.6 Å². The molecule has 12 nitrogen and oxygen atoms in total. The number of benzene rings is 1. The molecule has 4 N–H and O–H groups in total. The average molecular weight is 490 g/mol. The highest BCUT2D eigenvalue weighted by Crippen LogP contribution is 2.20. The van der Waals surface area contributed by atoms with E-state index in [2.05, 4.69) is 30.3 Å². The van der Waals surface area contributed by atoms with Crippen LogP contribution in [0, 0.1) is 13.8 Å². The third-order valence-electron chi connectivity index (χ3n) is 4.73. The number of nitrogens with zero attached hydrogens (tertiary/aromatic N) is 6. The minimum absolute atomic E-state index is 0.00150. The fraction of sp³-hybridized carbons (Fsp3) is 0.316. The van der Waals surface area contributed by atoms with Gasteiger partial charge in [0.25, 0.3) is 16.0 Å². The van der Waals surface area contributed by atoms with Crippen LogP contribution in [0.1, 0.15) is 24.2 Å². The predicted octanol–water partition coefficient (Wildman–Crippen LogP) is 0.996. The maximum Gasteiger partial charge on any atom is 0.271 e. The van der Waals surface area contributed by atoms with E-state index in [1.807, 2.05) is 19.9 Å². The molecule has 0 unspecified atom stereocenters. The SMILES string of the molecule is Cc1cc(C)n(-c2nnc(SCC(=O)Nc3cccc(S(=O)(=O)NC4=NCCC4)c3)n2N)n1. The summed E-state index contributed by atoms with van der Waals surface area (Å²) in [5, 5.41) is 15.4. The van der Waals surface area contributed by atoms with Gasteiger partial charge in [0.1, 0.15) is 5.84 Å². The molecule has 4 rings (SSSR count). The van der Waals surface area contributed by atoms with Crippen molar-refractivity contribution in [1.29, 1.82) is 0 Å². The Morgan fingerprint density at radius 1 is 1.24 bits per heavy atom. The Labute approximate surface area is 194 Å². The summed E-state index contributed by atoms with van der Waals surface area (Å²) in [7, 11) is -3.77. The zero-order valence-electron chi connectivity index (χ0n) is 18.0. The van der Waals surface area contributed by atoms with Crippen LogP contribution >= 0.6 is 11.8 Å². The molecule has 174 valence electrons. The van der Waals surface area contributed by atoms with Gasteiger partial charge in [0, 0.05) is 24.3 Å². The lowest BCUT2D eigenvalue weighted by Gasteiger charge is -2.10. The van der Waals surface area contributed by atoms with Gasteiger partial charge in [0.2, 0.25) is 11.1 Å². The van der Waals surface area contributed by atoms with Crippen molar-refractivity contribution in [1.82, 2.24) is 29.4 Å². The number of aromatic nitrogens is 5. The van der Waals surface area contributed by atoms with E-state index in [1.54, 1.807) is 16.8 Å². The number of nitrogen functional groups attached to an aromatic ring is 1. The first kappa shape index (κ1) is 22.8. The number of amides is 1. The normalized spacial score (nSPS) is 13.7. The lowest BCUT2D eigenvalue weighted by Crippen LogP contribution is -2.29. The van der Waals surface area contributed by atoms with Crippen LogP contribution in [0.2, 0.25) is 0 Å². The van der Waals surface area contributed by atoms with Crippen molar-refractivity contribution in [3.05, 3.63) is 41.7 Å². The van der Waals surface area contributed by atoms with Gasteiger partial charge in [-0.2, -0.15) is 5.10 Å². The maximum absolute atomic E-state index is 12.6. The molecule has 3 aromatic rings. The molecule has 1 amide bonds. The second-order valence-corrected chi connectivity index (χ2v) is 10.0. The summed E-state index contributed by atoms with van der Waals surface area (Å²) < 4.78 is 30.5. The van der Waals surface area contributed by atoms with E-state index >= 15 is 0 Å². The van der Waals surface area contributed by atoms with Crippen LogP contribution in [0.3, 0.4) is 0 Å². The minimum atomic E-state index is -3.77. The number of carbonyl (C=O) groups is 1. The highest BCUT2D eigenvalue weighted by molar-refractivity contribution is 7.99. The Morgan fingerprint density at radius 2 is 2.06 bits per heavy atom. The van der Waals surface area contributed by atoms with E-state index in [9.17, 15) is 13.2 Å². The largest absolute Gasteiger partial charge is 0.334 e. The lowest BCUT2D eigenvalue weighted by molar-refractivity contribution is -0.113. The van der Waals surface area contributed by atoms with Crippen molar-refractivity contribution in [2.45, 2.75) is 36.7 Å². The van der Waals surface area contributed by atoms with Gasteiger partial charge in [-0.05, 0) is 44.5 Å². The topological polar surface area (TPSA) is 162 Å². The fourth-order valence-corrected chi connectivity index (χ4v) is 5.03. The average Bonchev–Trinajstić information content (AvgIpc) is 3.47. The lowest BCUT2D eigenvalue weighted by atomic mass is 10.3. The molecule has 0 saturated carbocycles. The second kappa shape index (κ2) is 9.23. The van der Waals surface area contributed by atoms with Crippen LogP contribution in [0.25, 0.3) is 5.95 Å². The zero-order valence-corrected chi connectivity index (χ0v) is 19.7. The summed E-state index contributed by atoms with van der Waals surface area (Å²) in [4.78, 5) is 16.6. The van der Waals surface area contributed by atoms with Crippen molar-refractivity contribution < 1.29 is 13.2 Å². The van der Waals surface area contributed by atoms with Gasteiger partial charge in [0.15, 0.2) is 0 Å². The summed E-state index contributed by atoms with van der Waals surface area (Å²) in [6.45, 7) is 4.35. The Hall–Kier alpha value is -3.39. The van der Waals surface area contributed by atoms with Gasteiger partial charge in [-0.15, -0.1) is 10.2 Å². The van der Waals surface area contributed by atoms with Crippen LogP contribution in [0.4, 0.5) is 5.69 Å². The fourth-order valence-electron chi connectivity index (χ4n) is 3.25. The highest BCUT2D eigenvalue weighted by atomic mass is 32.2. The molecular formula is C19H23N9O3S2. The van der Waals surface area contributed by atoms with Crippen LogP contribution in [0.5, 0.6) is 0 Å². The minimum Gasteiger partial charge on any atom is -0.334 e. The van der Waals surface area contributed by atoms with Gasteiger partial charge in [-0.25, -0.2) is 17.8 Å². The summed E-state index contributed by atoms with van der Waals surface area (Å²) in [6.07, 6.45) is 1.42. The van der Waals surface area contributed by atoms with Gasteiger partial charge < -0.3 is 11.2 Å². The van der Waals surface area contributed by atoms with Crippen molar-refractivity contribution in [2.75, 3.05) is 23.5 Å². The molecular weight excluding hydrogens is 466 g/mol. The van der Waals surface area contributed by atoms with Crippen molar-refractivity contribution in [3.63, 3.8) is 0 Å². The number of amidine groups is 1. The van der Waals surface area contributed by atoms with Gasteiger partial charge in [-0.1, -0.05) is 17.8 Å². The smallest absolute Gasteiger partial charge is 0.271 e. The number of hydrogen-bond acceptors (Lipinski definition) is 9. The Morgan fingerprint density at radius 3 is 2.76 bits per heavy atom. The number of aryl methyl sites for hydroxylation is 2. The number of aliphatic imine (C=N–C) groups is 1. The van der Waals surface area contributed by atoms with Crippen LogP contribution in [0.15, 0.2) is 45.4 Å². The van der Waals surface area contributed by atoms with Gasteiger partial charge >= 0.3 is 0 Å². The summed E-state index contributed by atoms with van der Waals surface area (Å²) in [5.74, 6) is 6.52. The van der Waals surface area contributed by atoms with Crippen molar-refractivity contribution in [2.24, 2.45) is 4.99 Å². The first-order valence-electron chi connectivity index (χ1n) is 10.1. The molecule has 0 fully saturated rings. The molecule has 1 aliphatic rings. The molecule has 33 heavy (non-hydrogen) atoms. The number of rotatable bonds is 7. The number of sulfonamides is 1. The summed E-state index contributed by atoms with van der Waals surface area (Å²) >= 11 is 1.10. The molecule has 0 aliphatic carbocycles. The number of hydrogen-bond donors (Lipinski definition) is 3. The molecule has 0 spiro atoms. The van der Waals surface area contributed by atoms with E-state index in [-0.39, 0.29) is 16.6 Å². The summed E-state index contributed by atoms with van der Waals surface area (Å²) in [5.41, 5.74) is 2.03. The van der Waals surface area contributed by atoms with E-state index in [0.29, 0.717) is 35.6 Å². The predicted molar refractivity (Wildman–Crippen MR) is 124 cm³/mol. The molecule has 2 aromatic heterocycles. The molecule has 0 atom stereocenters. The van der Waals surface area contributed by atoms with Crippen LogP contribution in [-0.2, 0) is 14.8 Å². The monoisotopic (exact) mass is 489 g/mol. The number of nitrogens with one attached hydrogen (secondary N) is 2. The molecule has 0 radical (unpaired) electrons. The molecule has 0 saturated heterocycles. The number of carbonyl (C=O) groups excluding carboxylic acids is 1. The highest BCUT2D eigenvalue weighted by Gasteiger charge is 2.19. The van der Waals surface area contributed by atoms with E-state index in [1.165, 1.54) is 16.8 Å². The number of thioether (sulfide) groups is 1. The van der Waals surface area contributed by atoms with E-state index < -0.39 is 10.0 Å². The standard InChI is InChI=1S/C19H23N9O3S2/c1-12-9-13(2)28(25-12)18-23-24-19(27(18)20)32-11-17(29)22-14-5-3-6-15(10-14)33(30,31)26-16-7-4-8-21-16/h3,5-6,9-10H,4,7-8,11,20H2,1-2H3,(H,21,26)(H,22,29). The third kappa shape index (κ3) is 5.17. The summed E-state index contributed by atoms with van der Waals surface area (Å²) in [6, 6.07) is 7.92. The van der Waals surface area contributed by atoms with E-state index in [4.69, 9.17) is 5.84 Å². The van der Waals surface area contributed by atoms with Crippen molar-refractivity contribution in [3.8, 4) is 5.95 Å². The molecule has 1 aliphatic heterocycles. The first-order chi connectivity index (χ1) is 15.7. The Kier molecular flexibility index (Phi) is 6.37. The molecule has 14 heteroatoms. The first-order valence-corrected chi connectivity index (χ1v) is 12.5. The quantitative estimate of drug-likeness (QED) is 0.327. The zero-order chi connectivity index (χ0) is 23.6. The molecule has 0 bridgehead atoms. The van der Waals surface area contributed by atoms with Crippen molar-refractivity contribution >= 4 is 39.2 Å². The van der Waals surface area contributed by atoms with Crippen LogP contribution in [-0.4, -0.2) is 57.1 Å².